The van der Waals surface area contributed by atoms with Gasteiger partial charge in [0.15, 0.2) is 0 Å². The number of hydrogen-bond acceptors (Lipinski definition) is 3. The van der Waals surface area contributed by atoms with Crippen molar-refractivity contribution in [1.82, 2.24) is 0 Å². The van der Waals surface area contributed by atoms with Crippen LogP contribution in [0, 0.1) is 0 Å². The van der Waals surface area contributed by atoms with E-state index in [0.717, 1.165) is 66.3 Å². The highest BCUT2D eigenvalue weighted by molar-refractivity contribution is 6.11. The van der Waals surface area contributed by atoms with Gasteiger partial charge in [-0.1, -0.05) is 86.6 Å². The number of hydrogen-bond donors (Lipinski definition) is 0. The summed E-state index contributed by atoms with van der Waals surface area (Å²) >= 11 is 0. The number of rotatable bonds is 3. The number of nitrogens with zero attached hydrogens (tertiary/aromatic N) is 1. The van der Waals surface area contributed by atoms with Gasteiger partial charge in [-0.15, -0.1) is 0 Å². The predicted molar refractivity (Wildman–Crippen MR) is 191 cm³/mol. The summed E-state index contributed by atoms with van der Waals surface area (Å²) in [5, 5.41) is 6.85. The lowest BCUT2D eigenvalue weighted by atomic mass is 9.82. The molecule has 0 amide bonds. The van der Waals surface area contributed by atoms with Crippen LogP contribution >= 0.6 is 0 Å². The normalized spacial score (nSPS) is 13.6. The summed E-state index contributed by atoms with van der Waals surface area (Å²) in [5.74, 6) is 0. The molecule has 0 fully saturated rings. The van der Waals surface area contributed by atoms with E-state index >= 15 is 0 Å². The summed E-state index contributed by atoms with van der Waals surface area (Å²) in [4.78, 5) is 2.35. The summed E-state index contributed by atoms with van der Waals surface area (Å²) in [6.07, 6.45) is 0. The minimum atomic E-state index is -0.0522. The summed E-state index contributed by atoms with van der Waals surface area (Å²) < 4.78 is 12.7. The Kier molecular flexibility index (Phi) is 5.06. The summed E-state index contributed by atoms with van der Waals surface area (Å²) in [6.45, 7) is 4.65. The third kappa shape index (κ3) is 3.54. The van der Waals surface area contributed by atoms with Crippen molar-refractivity contribution in [3.05, 3.63) is 151 Å². The van der Waals surface area contributed by atoms with Gasteiger partial charge < -0.3 is 13.7 Å². The lowest BCUT2D eigenvalue weighted by molar-refractivity contribution is 0.660. The lowest BCUT2D eigenvalue weighted by Gasteiger charge is -2.27. The maximum Gasteiger partial charge on any atom is 0.137 e. The van der Waals surface area contributed by atoms with Crippen LogP contribution in [0.4, 0.5) is 17.1 Å². The van der Waals surface area contributed by atoms with E-state index in [0.29, 0.717) is 0 Å². The Labute approximate surface area is 265 Å². The number of para-hydroxylation sites is 2. The van der Waals surface area contributed by atoms with Crippen LogP contribution < -0.4 is 4.90 Å². The van der Waals surface area contributed by atoms with Crippen molar-refractivity contribution in [2.24, 2.45) is 0 Å². The first kappa shape index (κ1) is 25.5. The SMILES string of the molecule is CC1(C)c2ccccc2-c2cc(N(c3ccc4cc5c(cc4c3)oc3ccccc35)c3ccc4c(c3)oc3ccccc34)ccc21. The van der Waals surface area contributed by atoms with Gasteiger partial charge in [0.2, 0.25) is 0 Å². The fourth-order valence-electron chi connectivity index (χ4n) is 7.74. The number of anilines is 3. The third-order valence-corrected chi connectivity index (χ3v) is 10.0. The quantitative estimate of drug-likeness (QED) is 0.205. The van der Waals surface area contributed by atoms with Crippen molar-refractivity contribution in [3.63, 3.8) is 0 Å². The molecule has 0 saturated heterocycles. The second kappa shape index (κ2) is 9.12. The number of benzene rings is 7. The lowest BCUT2D eigenvalue weighted by Crippen LogP contribution is -2.15. The van der Waals surface area contributed by atoms with Crippen LogP contribution in [0.3, 0.4) is 0 Å². The molecule has 0 aliphatic heterocycles. The second-order valence-corrected chi connectivity index (χ2v) is 13.0. The molecule has 0 unspecified atom stereocenters. The van der Waals surface area contributed by atoms with Gasteiger partial charge in [0.25, 0.3) is 0 Å². The molecule has 0 saturated carbocycles. The minimum absolute atomic E-state index is 0.0522. The van der Waals surface area contributed by atoms with Crippen molar-refractivity contribution < 1.29 is 8.83 Å². The molecule has 0 spiro atoms. The summed E-state index contributed by atoms with van der Waals surface area (Å²) in [6, 6.07) is 50.0. The van der Waals surface area contributed by atoms with Crippen LogP contribution in [0.2, 0.25) is 0 Å². The van der Waals surface area contributed by atoms with E-state index < -0.39 is 0 Å². The molecule has 0 radical (unpaired) electrons. The molecule has 218 valence electrons. The van der Waals surface area contributed by atoms with E-state index in [2.05, 4.69) is 134 Å². The molecule has 0 N–H and O–H groups in total. The van der Waals surface area contributed by atoms with Gasteiger partial charge in [0.05, 0.1) is 0 Å². The molecule has 2 aromatic heterocycles. The highest BCUT2D eigenvalue weighted by Crippen LogP contribution is 2.51. The molecule has 3 nitrogen and oxygen atoms in total. The second-order valence-electron chi connectivity index (χ2n) is 13.0. The van der Waals surface area contributed by atoms with Crippen molar-refractivity contribution in [1.29, 1.82) is 0 Å². The Morgan fingerprint density at radius 1 is 0.413 bits per heavy atom. The fourth-order valence-corrected chi connectivity index (χ4v) is 7.74. The maximum atomic E-state index is 6.37. The van der Waals surface area contributed by atoms with Crippen LogP contribution in [0.1, 0.15) is 25.0 Å². The van der Waals surface area contributed by atoms with E-state index in [9.17, 15) is 0 Å². The molecule has 7 aromatic carbocycles. The molecule has 0 atom stereocenters. The molecule has 0 bridgehead atoms. The zero-order chi connectivity index (χ0) is 30.6. The first-order chi connectivity index (χ1) is 22.5. The number of fused-ring (bicyclic) bond motifs is 10. The van der Waals surface area contributed by atoms with Gasteiger partial charge in [-0.25, -0.2) is 0 Å². The van der Waals surface area contributed by atoms with Crippen LogP contribution in [-0.2, 0) is 5.41 Å². The Morgan fingerprint density at radius 3 is 1.83 bits per heavy atom. The molecule has 3 heteroatoms. The van der Waals surface area contributed by atoms with Gasteiger partial charge >= 0.3 is 0 Å². The molecular weight excluding hydrogens is 562 g/mol. The van der Waals surface area contributed by atoms with E-state index in [4.69, 9.17) is 8.83 Å². The monoisotopic (exact) mass is 591 g/mol. The van der Waals surface area contributed by atoms with Crippen molar-refractivity contribution in [3.8, 4) is 11.1 Å². The average molecular weight is 592 g/mol. The van der Waals surface area contributed by atoms with E-state index in [1.807, 2.05) is 24.3 Å². The van der Waals surface area contributed by atoms with Crippen LogP contribution in [-0.4, -0.2) is 0 Å². The van der Waals surface area contributed by atoms with Gasteiger partial charge in [0, 0.05) is 50.1 Å². The third-order valence-electron chi connectivity index (χ3n) is 10.0. The fraction of sp³-hybridized carbons (Fsp3) is 0.0698. The Bertz CT molecular complexity index is 2690. The van der Waals surface area contributed by atoms with Crippen molar-refractivity contribution in [2.45, 2.75) is 19.3 Å². The number of furan rings is 2. The molecule has 1 aliphatic rings. The molecule has 9 aromatic rings. The smallest absolute Gasteiger partial charge is 0.137 e. The highest BCUT2D eigenvalue weighted by Gasteiger charge is 2.35. The van der Waals surface area contributed by atoms with Gasteiger partial charge in [-0.3, -0.25) is 0 Å². The first-order valence-corrected chi connectivity index (χ1v) is 15.8. The van der Waals surface area contributed by atoms with E-state index in [1.54, 1.807) is 0 Å². The van der Waals surface area contributed by atoms with Crippen LogP contribution in [0.5, 0.6) is 0 Å². The molecular formula is C43H29NO2. The van der Waals surface area contributed by atoms with Gasteiger partial charge in [-0.2, -0.15) is 0 Å². The Morgan fingerprint density at radius 2 is 1.00 bits per heavy atom. The van der Waals surface area contributed by atoms with Crippen LogP contribution in [0.15, 0.2) is 148 Å². The molecule has 1 aliphatic carbocycles. The molecule has 2 heterocycles. The predicted octanol–water partition coefficient (Wildman–Crippen LogP) is 12.4. The average Bonchev–Trinajstić information content (AvgIpc) is 3.71. The zero-order valence-corrected chi connectivity index (χ0v) is 25.5. The topological polar surface area (TPSA) is 29.5 Å². The minimum Gasteiger partial charge on any atom is -0.456 e. The highest BCUT2D eigenvalue weighted by atomic mass is 16.3. The van der Waals surface area contributed by atoms with E-state index in [1.165, 1.54) is 27.6 Å². The van der Waals surface area contributed by atoms with Gasteiger partial charge in [0.1, 0.15) is 22.3 Å². The Balaban J connectivity index is 1.20. The summed E-state index contributed by atoms with van der Waals surface area (Å²) in [7, 11) is 0. The van der Waals surface area contributed by atoms with Crippen molar-refractivity contribution >= 4 is 71.7 Å². The van der Waals surface area contributed by atoms with Crippen molar-refractivity contribution in [2.75, 3.05) is 4.90 Å². The first-order valence-electron chi connectivity index (χ1n) is 15.8. The van der Waals surface area contributed by atoms with E-state index in [-0.39, 0.29) is 5.41 Å². The Hall–Kier alpha value is -5.80. The summed E-state index contributed by atoms with van der Waals surface area (Å²) in [5.41, 5.74) is 12.1. The zero-order valence-electron chi connectivity index (χ0n) is 25.5. The molecule has 46 heavy (non-hydrogen) atoms. The molecule has 10 rings (SSSR count). The van der Waals surface area contributed by atoms with Crippen LogP contribution in [0.25, 0.3) is 65.8 Å². The largest absolute Gasteiger partial charge is 0.456 e. The standard InChI is InChI=1S/C43H29NO2/c1-43(2)37-12-6-3-9-31(37)35-24-29(18-20-38(35)43)44(30-17-19-34-32-10-4-7-13-39(32)46-42(34)25-30)28-16-15-26-22-36-33-11-5-8-14-40(33)45-41(36)23-27(26)21-28/h3-25H,1-2H3. The maximum absolute atomic E-state index is 6.37. The van der Waals surface area contributed by atoms with Gasteiger partial charge in [-0.05, 0) is 93.7 Å².